The molecule has 1 heterocycles. The van der Waals surface area contributed by atoms with Crippen LogP contribution in [0.5, 0.6) is 0 Å². The summed E-state index contributed by atoms with van der Waals surface area (Å²) in [7, 11) is 0. The van der Waals surface area contributed by atoms with E-state index < -0.39 is 5.91 Å². The Labute approximate surface area is 106 Å². The zero-order valence-electron chi connectivity index (χ0n) is 10.5. The van der Waals surface area contributed by atoms with Crippen molar-refractivity contribution in [2.45, 2.75) is 20.3 Å². The molecule has 0 atom stereocenters. The van der Waals surface area contributed by atoms with Crippen molar-refractivity contribution in [2.24, 2.45) is 0 Å². The number of amides is 1. The topological polar surface area (TPSA) is 59.5 Å². The second-order valence-corrected chi connectivity index (χ2v) is 3.50. The van der Waals surface area contributed by atoms with Gasteiger partial charge in [-0.1, -0.05) is 6.07 Å². The number of likely N-dealkylation sites (N-methyl/N-ethyl adjacent to an activating group) is 1. The highest BCUT2D eigenvalue weighted by atomic mass is 16.7. The first kappa shape index (κ1) is 14.1. The van der Waals surface area contributed by atoms with Gasteiger partial charge in [-0.3, -0.25) is 14.6 Å². The molecule has 0 spiro atoms. The van der Waals surface area contributed by atoms with Crippen LogP contribution in [0.4, 0.5) is 0 Å². The molecule has 1 aromatic rings. The molecule has 96 valence electrons. The van der Waals surface area contributed by atoms with E-state index in [4.69, 9.17) is 4.84 Å². The fourth-order valence-corrected chi connectivity index (χ4v) is 1.44. The molecule has 0 aliphatic heterocycles. The lowest BCUT2D eigenvalue weighted by atomic mass is 10.1. The first-order valence-electron chi connectivity index (χ1n) is 5.81. The van der Waals surface area contributed by atoms with Crippen LogP contribution in [0.3, 0.4) is 0 Å². The van der Waals surface area contributed by atoms with E-state index in [0.29, 0.717) is 18.8 Å². The van der Waals surface area contributed by atoms with Crippen molar-refractivity contribution in [1.82, 2.24) is 10.0 Å². The SMILES string of the molecule is CCON(CC)C(=O)C(=C=O)Cc1ccccn1. The summed E-state index contributed by atoms with van der Waals surface area (Å²) in [5, 5.41) is 1.16. The number of pyridine rings is 1. The molecule has 5 nitrogen and oxygen atoms in total. The lowest BCUT2D eigenvalue weighted by Crippen LogP contribution is -2.33. The van der Waals surface area contributed by atoms with E-state index in [1.165, 1.54) is 0 Å². The van der Waals surface area contributed by atoms with Crippen LogP contribution in [0.25, 0.3) is 0 Å². The Morgan fingerprint density at radius 3 is 2.72 bits per heavy atom. The minimum absolute atomic E-state index is 0.0176. The minimum Gasteiger partial charge on any atom is -0.271 e. The molecule has 0 N–H and O–H groups in total. The number of hydrogen-bond acceptors (Lipinski definition) is 4. The predicted octanol–water partition coefficient (Wildman–Crippen LogP) is 1.18. The summed E-state index contributed by atoms with van der Waals surface area (Å²) in [5.74, 6) is 1.22. The zero-order chi connectivity index (χ0) is 13.4. The number of hydrogen-bond donors (Lipinski definition) is 0. The molecule has 0 unspecified atom stereocenters. The van der Waals surface area contributed by atoms with Gasteiger partial charge in [0.25, 0.3) is 5.91 Å². The molecule has 0 aliphatic carbocycles. The zero-order valence-corrected chi connectivity index (χ0v) is 10.5. The Bertz CT molecular complexity index is 439. The van der Waals surface area contributed by atoms with Gasteiger partial charge in [-0.25, -0.2) is 9.86 Å². The fourth-order valence-electron chi connectivity index (χ4n) is 1.44. The molecule has 0 saturated heterocycles. The molecule has 1 aromatic heterocycles. The van der Waals surface area contributed by atoms with Gasteiger partial charge in [-0.15, -0.1) is 0 Å². The molecule has 0 radical (unpaired) electrons. The molecule has 18 heavy (non-hydrogen) atoms. The molecule has 0 aromatic carbocycles. The van der Waals surface area contributed by atoms with Crippen molar-refractivity contribution < 1.29 is 14.4 Å². The molecule has 0 fully saturated rings. The molecular weight excluding hydrogens is 232 g/mol. The second kappa shape index (κ2) is 7.37. The maximum Gasteiger partial charge on any atom is 0.284 e. The van der Waals surface area contributed by atoms with Crippen LogP contribution in [-0.2, 0) is 20.8 Å². The van der Waals surface area contributed by atoms with Gasteiger partial charge in [0.15, 0.2) is 0 Å². The Morgan fingerprint density at radius 2 is 2.22 bits per heavy atom. The van der Waals surface area contributed by atoms with Gasteiger partial charge in [-0.05, 0) is 26.0 Å². The highest BCUT2D eigenvalue weighted by Gasteiger charge is 2.19. The average Bonchev–Trinajstić information content (AvgIpc) is 2.42. The molecule has 0 bridgehead atoms. The van der Waals surface area contributed by atoms with E-state index >= 15 is 0 Å². The Hall–Kier alpha value is -1.97. The summed E-state index contributed by atoms with van der Waals surface area (Å²) in [6.07, 6.45) is 1.77. The van der Waals surface area contributed by atoms with Gasteiger partial charge in [0.2, 0.25) is 0 Å². The quantitative estimate of drug-likeness (QED) is 0.431. The van der Waals surface area contributed by atoms with Crippen LogP contribution in [0.2, 0.25) is 0 Å². The van der Waals surface area contributed by atoms with Crippen LogP contribution in [0, 0.1) is 0 Å². The van der Waals surface area contributed by atoms with Crippen molar-refractivity contribution in [1.29, 1.82) is 0 Å². The van der Waals surface area contributed by atoms with Crippen LogP contribution >= 0.6 is 0 Å². The molecule has 0 aliphatic rings. The van der Waals surface area contributed by atoms with Gasteiger partial charge >= 0.3 is 0 Å². The van der Waals surface area contributed by atoms with E-state index in [2.05, 4.69) is 4.98 Å². The average molecular weight is 248 g/mol. The third-order valence-corrected chi connectivity index (χ3v) is 2.26. The molecule has 0 saturated carbocycles. The van der Waals surface area contributed by atoms with E-state index in [9.17, 15) is 9.59 Å². The Balaban J connectivity index is 2.78. The molecule has 1 amide bonds. The van der Waals surface area contributed by atoms with Crippen molar-refractivity contribution in [3.05, 3.63) is 35.7 Å². The Morgan fingerprint density at radius 1 is 1.44 bits per heavy atom. The number of nitrogens with zero attached hydrogens (tertiary/aromatic N) is 2. The largest absolute Gasteiger partial charge is 0.284 e. The smallest absolute Gasteiger partial charge is 0.271 e. The van der Waals surface area contributed by atoms with Gasteiger partial charge in [-0.2, -0.15) is 0 Å². The van der Waals surface area contributed by atoms with E-state index in [-0.39, 0.29) is 12.0 Å². The van der Waals surface area contributed by atoms with E-state index in [1.54, 1.807) is 44.2 Å². The summed E-state index contributed by atoms with van der Waals surface area (Å²) < 4.78 is 0. The third-order valence-electron chi connectivity index (χ3n) is 2.26. The summed E-state index contributed by atoms with van der Waals surface area (Å²) >= 11 is 0. The van der Waals surface area contributed by atoms with Crippen molar-refractivity contribution in [2.75, 3.05) is 13.2 Å². The normalized spacial score (nSPS) is 9.67. The predicted molar refractivity (Wildman–Crippen MR) is 66.2 cm³/mol. The summed E-state index contributed by atoms with van der Waals surface area (Å²) in [6, 6.07) is 5.32. The van der Waals surface area contributed by atoms with E-state index in [0.717, 1.165) is 5.06 Å². The Kier molecular flexibility index (Phi) is 5.77. The molecule has 5 heteroatoms. The minimum atomic E-state index is -0.458. The van der Waals surface area contributed by atoms with Crippen molar-refractivity contribution in [3.8, 4) is 0 Å². The van der Waals surface area contributed by atoms with Gasteiger partial charge < -0.3 is 0 Å². The first-order chi connectivity index (χ1) is 8.72. The number of aromatic nitrogens is 1. The first-order valence-corrected chi connectivity index (χ1v) is 5.81. The van der Waals surface area contributed by atoms with Crippen molar-refractivity contribution >= 4 is 11.8 Å². The fraction of sp³-hybridized carbons (Fsp3) is 0.385. The van der Waals surface area contributed by atoms with Crippen LogP contribution in [-0.4, -0.2) is 35.0 Å². The number of hydroxylamine groups is 2. The summed E-state index contributed by atoms with van der Waals surface area (Å²) in [5.41, 5.74) is 0.667. The lowest BCUT2D eigenvalue weighted by molar-refractivity contribution is -0.179. The number of carbonyl (C=O) groups is 1. The monoisotopic (exact) mass is 248 g/mol. The van der Waals surface area contributed by atoms with Crippen LogP contribution in [0.1, 0.15) is 19.5 Å². The summed E-state index contributed by atoms with van der Waals surface area (Å²) in [6.45, 7) is 4.30. The molecular formula is C13H16N2O3. The van der Waals surface area contributed by atoms with Crippen LogP contribution < -0.4 is 0 Å². The lowest BCUT2D eigenvalue weighted by Gasteiger charge is -2.19. The van der Waals surface area contributed by atoms with Gasteiger partial charge in [0.1, 0.15) is 11.5 Å². The van der Waals surface area contributed by atoms with Crippen molar-refractivity contribution in [3.63, 3.8) is 0 Å². The standard InChI is InChI=1S/C13H16N2O3/c1-3-15(18-4-2)13(17)11(10-16)9-12-7-5-6-8-14-12/h5-8H,3-4,9H2,1-2H3. The summed E-state index contributed by atoms with van der Waals surface area (Å²) in [4.78, 5) is 32.1. The van der Waals surface area contributed by atoms with Gasteiger partial charge in [0, 0.05) is 24.9 Å². The number of carbonyl (C=O) groups excluding carboxylic acids is 2. The third kappa shape index (κ3) is 3.80. The second-order valence-electron chi connectivity index (χ2n) is 3.50. The maximum absolute atomic E-state index is 12.0. The number of rotatable bonds is 6. The maximum atomic E-state index is 12.0. The molecule has 1 rings (SSSR count). The van der Waals surface area contributed by atoms with Crippen LogP contribution in [0.15, 0.2) is 30.0 Å². The van der Waals surface area contributed by atoms with E-state index in [1.807, 2.05) is 0 Å². The van der Waals surface area contributed by atoms with Gasteiger partial charge in [0.05, 0.1) is 6.61 Å². The highest BCUT2D eigenvalue weighted by molar-refractivity contribution is 6.00. The highest BCUT2D eigenvalue weighted by Crippen LogP contribution is 2.07.